The monoisotopic (exact) mass is 279 g/mol. The molecule has 2 rings (SSSR count). The highest BCUT2D eigenvalue weighted by Gasteiger charge is 2.15. The summed E-state index contributed by atoms with van der Waals surface area (Å²) in [5, 5.41) is 0.723. The van der Waals surface area contributed by atoms with Gasteiger partial charge in [0, 0.05) is 11.8 Å². The zero-order valence-corrected chi connectivity index (χ0v) is 11.6. The Morgan fingerprint density at radius 1 is 1.11 bits per heavy atom. The van der Waals surface area contributed by atoms with E-state index in [1.165, 1.54) is 17.5 Å². The van der Waals surface area contributed by atoms with Crippen LogP contribution in [0.5, 0.6) is 17.2 Å². The highest BCUT2D eigenvalue weighted by atomic mass is 32.1. The molecule has 1 heterocycles. The molecular formula is C13H13NO4S. The zero-order valence-electron chi connectivity index (χ0n) is 10.8. The van der Waals surface area contributed by atoms with Gasteiger partial charge >= 0.3 is 0 Å². The van der Waals surface area contributed by atoms with E-state index in [4.69, 9.17) is 14.2 Å². The molecule has 0 spiro atoms. The first-order valence-corrected chi connectivity index (χ1v) is 6.26. The van der Waals surface area contributed by atoms with E-state index in [1.54, 1.807) is 33.5 Å². The van der Waals surface area contributed by atoms with Gasteiger partial charge < -0.3 is 14.2 Å². The second-order valence-corrected chi connectivity index (χ2v) is 4.66. The summed E-state index contributed by atoms with van der Waals surface area (Å²) in [6.07, 6.45) is 2.31. The van der Waals surface area contributed by atoms with Crippen molar-refractivity contribution in [1.29, 1.82) is 0 Å². The molecule has 0 bridgehead atoms. The minimum absolute atomic E-state index is 0.529. The third-order valence-electron chi connectivity index (χ3n) is 2.55. The van der Waals surface area contributed by atoms with Gasteiger partial charge in [0.25, 0.3) is 0 Å². The van der Waals surface area contributed by atoms with Gasteiger partial charge in [-0.1, -0.05) is 0 Å². The Hall–Kier alpha value is -2.08. The minimum Gasteiger partial charge on any atom is -0.493 e. The summed E-state index contributed by atoms with van der Waals surface area (Å²) in [6.45, 7) is 0. The molecule has 1 aromatic carbocycles. The number of carbonyl (C=O) groups is 1. The molecule has 0 amide bonds. The van der Waals surface area contributed by atoms with Crippen LogP contribution in [0.2, 0.25) is 0 Å². The number of aromatic nitrogens is 1. The maximum atomic E-state index is 10.7. The number of hydrogen-bond acceptors (Lipinski definition) is 6. The normalized spacial score (nSPS) is 10.1. The second-order valence-electron chi connectivity index (χ2n) is 3.60. The molecule has 0 aliphatic heterocycles. The standard InChI is InChI=1S/C13H13NO4S/c1-16-10-4-8(5-11(17-2)12(10)18-3)13-14-6-9(7-15)19-13/h4-7H,1-3H3. The van der Waals surface area contributed by atoms with Crippen molar-refractivity contribution in [2.75, 3.05) is 21.3 Å². The quantitative estimate of drug-likeness (QED) is 0.787. The summed E-state index contributed by atoms with van der Waals surface area (Å²) in [6, 6.07) is 3.60. The zero-order chi connectivity index (χ0) is 13.8. The summed E-state index contributed by atoms with van der Waals surface area (Å²) in [5.74, 6) is 1.64. The third kappa shape index (κ3) is 2.53. The largest absolute Gasteiger partial charge is 0.493 e. The van der Waals surface area contributed by atoms with Crippen LogP contribution < -0.4 is 14.2 Å². The Balaban J connectivity index is 2.54. The first-order chi connectivity index (χ1) is 9.23. The van der Waals surface area contributed by atoms with E-state index in [0.29, 0.717) is 22.1 Å². The SMILES string of the molecule is COc1cc(-c2ncc(C=O)s2)cc(OC)c1OC. The van der Waals surface area contributed by atoms with Gasteiger partial charge in [-0.25, -0.2) is 4.98 Å². The molecule has 0 aliphatic rings. The highest BCUT2D eigenvalue weighted by molar-refractivity contribution is 7.16. The fourth-order valence-electron chi connectivity index (χ4n) is 1.68. The molecule has 0 saturated carbocycles. The van der Waals surface area contributed by atoms with Crippen LogP contribution in [0.3, 0.4) is 0 Å². The molecule has 0 saturated heterocycles. The number of rotatable bonds is 5. The number of benzene rings is 1. The van der Waals surface area contributed by atoms with E-state index >= 15 is 0 Å². The number of hydrogen-bond donors (Lipinski definition) is 0. The van der Waals surface area contributed by atoms with Crippen LogP contribution in [0.4, 0.5) is 0 Å². The average molecular weight is 279 g/mol. The molecule has 6 heteroatoms. The van der Waals surface area contributed by atoms with Gasteiger partial charge in [0.1, 0.15) is 5.01 Å². The summed E-state index contributed by atoms with van der Waals surface area (Å²) in [7, 11) is 4.66. The van der Waals surface area contributed by atoms with Crippen molar-refractivity contribution in [3.63, 3.8) is 0 Å². The first-order valence-electron chi connectivity index (χ1n) is 5.44. The van der Waals surface area contributed by atoms with Crippen LogP contribution in [0.1, 0.15) is 9.67 Å². The van der Waals surface area contributed by atoms with Gasteiger partial charge in [0.2, 0.25) is 5.75 Å². The average Bonchev–Trinajstić information content (AvgIpc) is 2.94. The lowest BCUT2D eigenvalue weighted by Gasteiger charge is -2.13. The van der Waals surface area contributed by atoms with Crippen LogP contribution in [-0.4, -0.2) is 32.6 Å². The Morgan fingerprint density at radius 3 is 2.16 bits per heavy atom. The number of carbonyl (C=O) groups excluding carboxylic acids is 1. The van der Waals surface area contributed by atoms with Crippen LogP contribution >= 0.6 is 11.3 Å². The molecule has 1 aromatic heterocycles. The predicted molar refractivity (Wildman–Crippen MR) is 72.6 cm³/mol. The van der Waals surface area contributed by atoms with Crippen molar-refractivity contribution >= 4 is 17.6 Å². The van der Waals surface area contributed by atoms with Crippen molar-refractivity contribution in [2.24, 2.45) is 0 Å². The van der Waals surface area contributed by atoms with Crippen molar-refractivity contribution in [3.8, 4) is 27.8 Å². The second kappa shape index (κ2) is 5.71. The van der Waals surface area contributed by atoms with Crippen molar-refractivity contribution in [1.82, 2.24) is 4.98 Å². The number of aldehydes is 1. The lowest BCUT2D eigenvalue weighted by molar-refractivity contribution is 0.112. The van der Waals surface area contributed by atoms with Crippen LogP contribution in [0.15, 0.2) is 18.3 Å². The Bertz CT molecular complexity index is 569. The molecule has 0 fully saturated rings. The molecule has 100 valence electrons. The van der Waals surface area contributed by atoms with Gasteiger partial charge in [0.05, 0.1) is 26.2 Å². The number of thiazole rings is 1. The lowest BCUT2D eigenvalue weighted by Crippen LogP contribution is -1.95. The van der Waals surface area contributed by atoms with Crippen LogP contribution in [0, 0.1) is 0 Å². The van der Waals surface area contributed by atoms with E-state index in [-0.39, 0.29) is 0 Å². The molecule has 0 aliphatic carbocycles. The van der Waals surface area contributed by atoms with Crippen molar-refractivity contribution < 1.29 is 19.0 Å². The Kier molecular flexibility index (Phi) is 4.01. The smallest absolute Gasteiger partial charge is 0.203 e. The van der Waals surface area contributed by atoms with Crippen molar-refractivity contribution in [2.45, 2.75) is 0 Å². The van der Waals surface area contributed by atoms with E-state index in [9.17, 15) is 4.79 Å². The van der Waals surface area contributed by atoms with Gasteiger partial charge in [-0.05, 0) is 12.1 Å². The summed E-state index contributed by atoms with van der Waals surface area (Å²) in [5.41, 5.74) is 0.813. The van der Waals surface area contributed by atoms with Gasteiger partial charge in [-0.2, -0.15) is 0 Å². The van der Waals surface area contributed by atoms with Crippen molar-refractivity contribution in [3.05, 3.63) is 23.2 Å². The van der Waals surface area contributed by atoms with Crippen LogP contribution in [0.25, 0.3) is 10.6 Å². The summed E-state index contributed by atoms with van der Waals surface area (Å²) < 4.78 is 15.8. The third-order valence-corrected chi connectivity index (χ3v) is 3.52. The van der Waals surface area contributed by atoms with Gasteiger partial charge in [-0.3, -0.25) is 4.79 Å². The Morgan fingerprint density at radius 2 is 1.74 bits per heavy atom. The highest BCUT2D eigenvalue weighted by Crippen LogP contribution is 2.41. The molecule has 19 heavy (non-hydrogen) atoms. The molecule has 0 unspecified atom stereocenters. The number of ether oxygens (including phenoxy) is 3. The molecule has 0 radical (unpaired) electrons. The topological polar surface area (TPSA) is 57.7 Å². The Labute approximate surface area is 114 Å². The first kappa shape index (κ1) is 13.4. The maximum Gasteiger partial charge on any atom is 0.203 e. The maximum absolute atomic E-state index is 10.7. The summed E-state index contributed by atoms with van der Waals surface area (Å²) >= 11 is 1.31. The molecule has 5 nitrogen and oxygen atoms in total. The summed E-state index contributed by atoms with van der Waals surface area (Å²) in [4.78, 5) is 15.5. The number of methoxy groups -OCH3 is 3. The number of nitrogens with zero attached hydrogens (tertiary/aromatic N) is 1. The fraction of sp³-hybridized carbons (Fsp3) is 0.231. The lowest BCUT2D eigenvalue weighted by atomic mass is 10.2. The van der Waals surface area contributed by atoms with Crippen LogP contribution in [-0.2, 0) is 0 Å². The molecule has 2 aromatic rings. The fourth-order valence-corrected chi connectivity index (χ4v) is 2.40. The van der Waals surface area contributed by atoms with Gasteiger partial charge in [-0.15, -0.1) is 11.3 Å². The minimum atomic E-state index is 0.529. The van der Waals surface area contributed by atoms with E-state index in [2.05, 4.69) is 4.98 Å². The molecule has 0 N–H and O–H groups in total. The van der Waals surface area contributed by atoms with E-state index in [1.807, 2.05) is 0 Å². The van der Waals surface area contributed by atoms with E-state index in [0.717, 1.165) is 16.9 Å². The molecule has 0 atom stereocenters. The predicted octanol–water partition coefficient (Wildman–Crippen LogP) is 2.65. The van der Waals surface area contributed by atoms with Gasteiger partial charge in [0.15, 0.2) is 17.8 Å². The molecular weight excluding hydrogens is 266 g/mol. The van der Waals surface area contributed by atoms with E-state index < -0.39 is 0 Å².